The van der Waals surface area contributed by atoms with Gasteiger partial charge in [-0.2, -0.15) is 0 Å². The Hall–Kier alpha value is -1.22. The van der Waals surface area contributed by atoms with E-state index in [1.54, 1.807) is 13.0 Å². The van der Waals surface area contributed by atoms with Gasteiger partial charge in [0.25, 0.3) is 0 Å². The zero-order chi connectivity index (χ0) is 11.2. The van der Waals surface area contributed by atoms with E-state index in [-0.39, 0.29) is 11.7 Å². The molecule has 0 fully saturated rings. The van der Waals surface area contributed by atoms with Crippen molar-refractivity contribution in [1.29, 1.82) is 0 Å². The molecule has 1 aliphatic carbocycles. The highest BCUT2D eigenvalue weighted by Crippen LogP contribution is 2.39. The molecule has 1 atom stereocenters. The number of aromatic hydroxyl groups is 1. The van der Waals surface area contributed by atoms with E-state index in [1.807, 2.05) is 6.92 Å². The Kier molecular flexibility index (Phi) is 2.35. The lowest BCUT2D eigenvalue weighted by Gasteiger charge is -2.08. The van der Waals surface area contributed by atoms with Crippen LogP contribution in [0.25, 0.3) is 0 Å². The third kappa shape index (κ3) is 1.38. The van der Waals surface area contributed by atoms with Crippen LogP contribution in [0.1, 0.15) is 23.6 Å². The van der Waals surface area contributed by atoms with Crippen LogP contribution in [-0.4, -0.2) is 16.0 Å². The van der Waals surface area contributed by atoms with E-state index < -0.39 is 0 Å². The largest absolute Gasteiger partial charge is 0.507 e. The zero-order valence-electron chi connectivity index (χ0n) is 8.58. The monoisotopic (exact) mass is 225 g/mol. The number of phenolic OH excluding ortho intramolecular Hbond substituents is 1. The Labute approximate surface area is 93.0 Å². The summed E-state index contributed by atoms with van der Waals surface area (Å²) in [4.78, 5) is 0. The van der Waals surface area contributed by atoms with Gasteiger partial charge in [-0.15, -0.1) is 0 Å². The third-order valence-corrected chi connectivity index (χ3v) is 3.22. The molecule has 15 heavy (non-hydrogen) atoms. The van der Waals surface area contributed by atoms with Gasteiger partial charge in [0.1, 0.15) is 5.75 Å². The van der Waals surface area contributed by atoms with Gasteiger partial charge in [-0.3, -0.25) is 0 Å². The first kappa shape index (κ1) is 10.3. The molecule has 1 aliphatic rings. The highest BCUT2D eigenvalue weighted by Gasteiger charge is 2.31. The lowest BCUT2D eigenvalue weighted by Crippen LogP contribution is -2.05. The van der Waals surface area contributed by atoms with Crippen molar-refractivity contribution >= 4 is 17.3 Å². The summed E-state index contributed by atoms with van der Waals surface area (Å²) in [6, 6.07) is 1.74. The maximum absolute atomic E-state index is 9.91. The van der Waals surface area contributed by atoms with Crippen molar-refractivity contribution in [2.75, 3.05) is 0 Å². The van der Waals surface area contributed by atoms with Crippen molar-refractivity contribution in [1.82, 2.24) is 0 Å². The van der Waals surface area contributed by atoms with Gasteiger partial charge in [0, 0.05) is 16.5 Å². The lowest BCUT2D eigenvalue weighted by atomic mass is 10.0. The summed E-state index contributed by atoms with van der Waals surface area (Å²) in [5.74, 6) is 0.266. The van der Waals surface area contributed by atoms with Gasteiger partial charge < -0.3 is 10.3 Å². The number of oxime groups is 1. The quantitative estimate of drug-likeness (QED) is 0.527. The average molecular weight is 226 g/mol. The predicted octanol–water partition coefficient (Wildman–Crippen LogP) is 2.72. The minimum absolute atomic E-state index is 0.0928. The SMILES string of the molecule is Cc1cc(Cl)c2c(c1O)/C(=N\O)C(C)C2. The fraction of sp³-hybridized carbons (Fsp3) is 0.364. The molecule has 1 aromatic rings. The van der Waals surface area contributed by atoms with Crippen molar-refractivity contribution in [3.63, 3.8) is 0 Å². The number of phenols is 1. The van der Waals surface area contributed by atoms with Crippen LogP contribution in [0.15, 0.2) is 11.2 Å². The van der Waals surface area contributed by atoms with Crippen LogP contribution in [0.4, 0.5) is 0 Å². The summed E-state index contributed by atoms with van der Waals surface area (Å²) in [6.45, 7) is 3.72. The molecular formula is C11H12ClNO2. The van der Waals surface area contributed by atoms with Crippen LogP contribution in [-0.2, 0) is 6.42 Å². The third-order valence-electron chi connectivity index (χ3n) is 2.88. The molecule has 2 N–H and O–H groups in total. The van der Waals surface area contributed by atoms with Crippen LogP contribution in [0.2, 0.25) is 5.02 Å². The highest BCUT2D eigenvalue weighted by molar-refractivity contribution is 6.32. The number of benzene rings is 1. The first-order valence-electron chi connectivity index (χ1n) is 4.79. The number of hydrogen-bond acceptors (Lipinski definition) is 3. The van der Waals surface area contributed by atoms with Gasteiger partial charge in [-0.1, -0.05) is 23.7 Å². The molecular weight excluding hydrogens is 214 g/mol. The summed E-state index contributed by atoms with van der Waals surface area (Å²) in [6.07, 6.45) is 0.710. The molecule has 0 bridgehead atoms. The second-order valence-electron chi connectivity index (χ2n) is 3.97. The maximum atomic E-state index is 9.91. The van der Waals surface area contributed by atoms with E-state index in [4.69, 9.17) is 16.8 Å². The first-order chi connectivity index (χ1) is 7.06. The van der Waals surface area contributed by atoms with Crippen LogP contribution < -0.4 is 0 Å². The Morgan fingerprint density at radius 3 is 2.80 bits per heavy atom. The second kappa shape index (κ2) is 3.42. The number of hydrogen-bond donors (Lipinski definition) is 2. The van der Waals surface area contributed by atoms with Crippen LogP contribution in [0, 0.1) is 12.8 Å². The molecule has 3 nitrogen and oxygen atoms in total. The number of halogens is 1. The molecule has 0 spiro atoms. The van der Waals surface area contributed by atoms with Gasteiger partial charge in [0.15, 0.2) is 0 Å². The van der Waals surface area contributed by atoms with E-state index in [9.17, 15) is 5.11 Å². The van der Waals surface area contributed by atoms with Gasteiger partial charge in [0.05, 0.1) is 5.71 Å². The maximum Gasteiger partial charge on any atom is 0.128 e. The van der Waals surface area contributed by atoms with Gasteiger partial charge in [-0.05, 0) is 30.5 Å². The molecule has 0 heterocycles. The van der Waals surface area contributed by atoms with Gasteiger partial charge in [0.2, 0.25) is 0 Å². The summed E-state index contributed by atoms with van der Waals surface area (Å²) in [7, 11) is 0. The minimum Gasteiger partial charge on any atom is -0.507 e. The predicted molar refractivity (Wildman–Crippen MR) is 59.0 cm³/mol. The van der Waals surface area contributed by atoms with Crippen LogP contribution in [0.3, 0.4) is 0 Å². The van der Waals surface area contributed by atoms with Crippen LogP contribution in [0.5, 0.6) is 5.75 Å². The number of aryl methyl sites for hydroxylation is 1. The van der Waals surface area contributed by atoms with E-state index in [0.717, 1.165) is 5.56 Å². The van der Waals surface area contributed by atoms with Crippen LogP contribution >= 0.6 is 11.6 Å². The topological polar surface area (TPSA) is 52.8 Å². The van der Waals surface area contributed by atoms with Crippen molar-refractivity contribution in [3.8, 4) is 5.75 Å². The molecule has 0 aromatic heterocycles. The fourth-order valence-electron chi connectivity index (χ4n) is 2.08. The normalized spacial score (nSPS) is 22.1. The van der Waals surface area contributed by atoms with Gasteiger partial charge >= 0.3 is 0 Å². The summed E-state index contributed by atoms with van der Waals surface area (Å²) in [5, 5.41) is 22.7. The molecule has 0 saturated carbocycles. The molecule has 2 rings (SSSR count). The Bertz CT molecular complexity index is 454. The summed E-state index contributed by atoms with van der Waals surface area (Å²) >= 11 is 6.09. The molecule has 4 heteroatoms. The summed E-state index contributed by atoms with van der Waals surface area (Å²) in [5.41, 5.74) is 2.71. The van der Waals surface area contributed by atoms with Crippen molar-refractivity contribution in [2.45, 2.75) is 20.3 Å². The van der Waals surface area contributed by atoms with Gasteiger partial charge in [-0.25, -0.2) is 0 Å². The molecule has 80 valence electrons. The van der Waals surface area contributed by atoms with E-state index in [1.165, 1.54) is 0 Å². The molecule has 0 amide bonds. The van der Waals surface area contributed by atoms with E-state index in [0.29, 0.717) is 28.3 Å². The standard InChI is InChI=1S/C11H12ClNO2/c1-5-3-7-8(12)4-6(2)11(14)9(7)10(5)13-15/h4-5,14-15H,3H2,1-2H3/b13-10-. The Balaban J connectivity index is 2.75. The zero-order valence-corrected chi connectivity index (χ0v) is 9.34. The molecule has 0 aliphatic heterocycles. The van der Waals surface area contributed by atoms with Crippen molar-refractivity contribution < 1.29 is 10.3 Å². The van der Waals surface area contributed by atoms with E-state index >= 15 is 0 Å². The summed E-state index contributed by atoms with van der Waals surface area (Å²) < 4.78 is 0. The van der Waals surface area contributed by atoms with Crippen molar-refractivity contribution in [2.24, 2.45) is 11.1 Å². The molecule has 0 radical (unpaired) electrons. The average Bonchev–Trinajstić information content (AvgIpc) is 2.52. The Morgan fingerprint density at radius 2 is 2.20 bits per heavy atom. The highest BCUT2D eigenvalue weighted by atomic mass is 35.5. The molecule has 0 saturated heterocycles. The molecule has 1 unspecified atom stereocenters. The van der Waals surface area contributed by atoms with E-state index in [2.05, 4.69) is 5.16 Å². The molecule has 1 aromatic carbocycles. The lowest BCUT2D eigenvalue weighted by molar-refractivity contribution is 0.316. The Morgan fingerprint density at radius 1 is 1.53 bits per heavy atom. The number of nitrogens with zero attached hydrogens (tertiary/aromatic N) is 1. The van der Waals surface area contributed by atoms with Crippen molar-refractivity contribution in [3.05, 3.63) is 27.8 Å². The number of rotatable bonds is 0. The fourth-order valence-corrected chi connectivity index (χ4v) is 2.41. The number of fused-ring (bicyclic) bond motifs is 1. The smallest absolute Gasteiger partial charge is 0.128 e. The first-order valence-corrected chi connectivity index (χ1v) is 5.17. The minimum atomic E-state index is 0.0928. The second-order valence-corrected chi connectivity index (χ2v) is 4.38.